The Bertz CT molecular complexity index is 366. The van der Waals surface area contributed by atoms with E-state index in [4.69, 9.17) is 4.74 Å². The summed E-state index contributed by atoms with van der Waals surface area (Å²) in [5.74, 6) is 0.868. The van der Waals surface area contributed by atoms with Crippen LogP contribution in [0.3, 0.4) is 0 Å². The molecule has 0 bridgehead atoms. The van der Waals surface area contributed by atoms with Crippen molar-refractivity contribution in [3.8, 4) is 0 Å². The third-order valence-electron chi connectivity index (χ3n) is 4.19. The molecule has 2 heterocycles. The van der Waals surface area contributed by atoms with Crippen molar-refractivity contribution in [2.45, 2.75) is 38.7 Å². The van der Waals surface area contributed by atoms with Crippen LogP contribution in [0.1, 0.15) is 32.6 Å². The van der Waals surface area contributed by atoms with E-state index in [1.54, 1.807) is 4.31 Å². The van der Waals surface area contributed by atoms with Gasteiger partial charge in [0.1, 0.15) is 0 Å². The number of piperidine rings is 1. The molecule has 6 heteroatoms. The summed E-state index contributed by atoms with van der Waals surface area (Å²) in [6.07, 6.45) is 3.97. The molecule has 2 fully saturated rings. The van der Waals surface area contributed by atoms with Crippen LogP contribution < -0.4 is 5.32 Å². The van der Waals surface area contributed by atoms with Crippen molar-refractivity contribution in [3.05, 3.63) is 0 Å². The van der Waals surface area contributed by atoms with E-state index in [-0.39, 0.29) is 6.10 Å². The van der Waals surface area contributed by atoms with E-state index < -0.39 is 10.0 Å². The predicted octanol–water partition coefficient (Wildman–Crippen LogP) is 0.817. The Morgan fingerprint density at radius 2 is 2.05 bits per heavy atom. The van der Waals surface area contributed by atoms with Crippen LogP contribution in [0, 0.1) is 5.92 Å². The smallest absolute Gasteiger partial charge is 0.214 e. The maximum Gasteiger partial charge on any atom is 0.214 e. The number of ether oxygens (including phenoxy) is 1. The number of nitrogens with one attached hydrogen (secondary N) is 1. The molecule has 0 amide bonds. The zero-order valence-corrected chi connectivity index (χ0v) is 12.6. The van der Waals surface area contributed by atoms with Crippen molar-refractivity contribution < 1.29 is 13.2 Å². The summed E-state index contributed by atoms with van der Waals surface area (Å²) >= 11 is 0. The Morgan fingerprint density at radius 1 is 1.32 bits per heavy atom. The van der Waals surface area contributed by atoms with Gasteiger partial charge in [0.25, 0.3) is 0 Å². The van der Waals surface area contributed by atoms with Gasteiger partial charge in [-0.2, -0.15) is 4.31 Å². The Balaban J connectivity index is 1.83. The molecule has 2 aliphatic rings. The minimum absolute atomic E-state index is 0.0717. The lowest BCUT2D eigenvalue weighted by atomic mass is 9.96. The average molecular weight is 290 g/mol. The van der Waals surface area contributed by atoms with Gasteiger partial charge < -0.3 is 10.1 Å². The van der Waals surface area contributed by atoms with Gasteiger partial charge in [0.15, 0.2) is 0 Å². The van der Waals surface area contributed by atoms with Gasteiger partial charge >= 0.3 is 0 Å². The minimum atomic E-state index is -3.09. The average Bonchev–Trinajstić information content (AvgIpc) is 2.46. The van der Waals surface area contributed by atoms with Crippen molar-refractivity contribution in [1.82, 2.24) is 9.62 Å². The van der Waals surface area contributed by atoms with Gasteiger partial charge in [0.2, 0.25) is 10.0 Å². The van der Waals surface area contributed by atoms with Crippen LogP contribution in [0.2, 0.25) is 0 Å². The standard InChI is InChI=1S/C13H26N2O3S/c1-2-13-11-15(8-9-18-13)19(16,17)10-5-12-3-6-14-7-4-12/h12-14H,2-11H2,1H3. The summed E-state index contributed by atoms with van der Waals surface area (Å²) in [5, 5.41) is 3.31. The normalized spacial score (nSPS) is 27.5. The Hall–Kier alpha value is -0.170. The molecule has 0 spiro atoms. The molecule has 2 aliphatic heterocycles. The molecule has 0 radical (unpaired) electrons. The molecule has 19 heavy (non-hydrogen) atoms. The van der Waals surface area contributed by atoms with E-state index in [1.807, 2.05) is 6.92 Å². The van der Waals surface area contributed by atoms with Gasteiger partial charge in [-0.25, -0.2) is 8.42 Å². The number of hydrogen-bond donors (Lipinski definition) is 1. The first kappa shape index (κ1) is 15.2. The Morgan fingerprint density at radius 3 is 2.74 bits per heavy atom. The van der Waals surface area contributed by atoms with Crippen molar-refractivity contribution in [1.29, 1.82) is 0 Å². The van der Waals surface area contributed by atoms with Gasteiger partial charge in [0.05, 0.1) is 18.5 Å². The maximum atomic E-state index is 12.3. The fourth-order valence-corrected chi connectivity index (χ4v) is 4.44. The Kier molecular flexibility index (Phi) is 5.62. The first-order valence-electron chi connectivity index (χ1n) is 7.42. The van der Waals surface area contributed by atoms with Gasteiger partial charge in [-0.05, 0) is 44.7 Å². The van der Waals surface area contributed by atoms with Crippen molar-refractivity contribution in [2.75, 3.05) is 38.5 Å². The SMILES string of the molecule is CCC1CN(S(=O)(=O)CCC2CCNCC2)CCO1. The molecule has 1 unspecified atom stereocenters. The lowest BCUT2D eigenvalue weighted by molar-refractivity contribution is -0.00280. The molecule has 0 saturated carbocycles. The van der Waals surface area contributed by atoms with E-state index in [1.165, 1.54) is 0 Å². The molecular weight excluding hydrogens is 264 g/mol. The molecule has 1 atom stereocenters. The zero-order valence-electron chi connectivity index (χ0n) is 11.8. The quantitative estimate of drug-likeness (QED) is 0.814. The molecule has 0 aromatic heterocycles. The molecule has 0 aromatic rings. The highest BCUT2D eigenvalue weighted by atomic mass is 32.2. The van der Waals surface area contributed by atoms with Crippen molar-refractivity contribution in [3.63, 3.8) is 0 Å². The topological polar surface area (TPSA) is 58.6 Å². The van der Waals surface area contributed by atoms with Crippen molar-refractivity contribution in [2.24, 2.45) is 5.92 Å². The predicted molar refractivity (Wildman–Crippen MR) is 75.6 cm³/mol. The molecule has 112 valence electrons. The van der Waals surface area contributed by atoms with E-state index in [0.29, 0.717) is 31.4 Å². The van der Waals surface area contributed by atoms with E-state index in [9.17, 15) is 8.42 Å². The minimum Gasteiger partial charge on any atom is -0.375 e. The second kappa shape index (κ2) is 7.02. The summed E-state index contributed by atoms with van der Waals surface area (Å²) in [6.45, 7) is 5.68. The van der Waals surface area contributed by atoms with E-state index in [0.717, 1.165) is 38.8 Å². The highest BCUT2D eigenvalue weighted by molar-refractivity contribution is 7.89. The van der Waals surface area contributed by atoms with Gasteiger partial charge in [0, 0.05) is 13.1 Å². The van der Waals surface area contributed by atoms with E-state index >= 15 is 0 Å². The Labute approximate surface area is 116 Å². The summed E-state index contributed by atoms with van der Waals surface area (Å²) in [7, 11) is -3.09. The summed E-state index contributed by atoms with van der Waals surface area (Å²) in [5.41, 5.74) is 0. The van der Waals surface area contributed by atoms with Crippen LogP contribution in [-0.2, 0) is 14.8 Å². The number of sulfonamides is 1. The van der Waals surface area contributed by atoms with Crippen LogP contribution in [0.15, 0.2) is 0 Å². The first-order valence-corrected chi connectivity index (χ1v) is 9.03. The second-order valence-corrected chi connectivity index (χ2v) is 7.65. The van der Waals surface area contributed by atoms with Crippen LogP contribution >= 0.6 is 0 Å². The first-order chi connectivity index (χ1) is 9.12. The van der Waals surface area contributed by atoms with Gasteiger partial charge in [-0.15, -0.1) is 0 Å². The summed E-state index contributed by atoms with van der Waals surface area (Å²) in [6, 6.07) is 0. The number of rotatable bonds is 5. The monoisotopic (exact) mass is 290 g/mol. The fourth-order valence-electron chi connectivity index (χ4n) is 2.81. The van der Waals surface area contributed by atoms with Gasteiger partial charge in [-0.3, -0.25) is 0 Å². The fraction of sp³-hybridized carbons (Fsp3) is 1.00. The molecule has 1 N–H and O–H groups in total. The second-order valence-electron chi connectivity index (χ2n) is 5.56. The van der Waals surface area contributed by atoms with Crippen LogP contribution in [0.25, 0.3) is 0 Å². The number of morpholine rings is 1. The zero-order chi connectivity index (χ0) is 13.7. The highest BCUT2D eigenvalue weighted by Gasteiger charge is 2.29. The highest BCUT2D eigenvalue weighted by Crippen LogP contribution is 2.19. The van der Waals surface area contributed by atoms with Crippen LogP contribution in [0.4, 0.5) is 0 Å². The summed E-state index contributed by atoms with van der Waals surface area (Å²) < 4.78 is 31.9. The van der Waals surface area contributed by atoms with Crippen molar-refractivity contribution >= 4 is 10.0 Å². The number of nitrogens with zero attached hydrogens (tertiary/aromatic N) is 1. The molecule has 0 aliphatic carbocycles. The largest absolute Gasteiger partial charge is 0.375 e. The molecule has 2 saturated heterocycles. The third kappa shape index (κ3) is 4.41. The van der Waals surface area contributed by atoms with Gasteiger partial charge in [-0.1, -0.05) is 6.92 Å². The molecule has 2 rings (SSSR count). The molecular formula is C13H26N2O3S. The van der Waals surface area contributed by atoms with Crippen LogP contribution in [0.5, 0.6) is 0 Å². The van der Waals surface area contributed by atoms with E-state index in [2.05, 4.69) is 5.32 Å². The number of hydrogen-bond acceptors (Lipinski definition) is 4. The lowest BCUT2D eigenvalue weighted by Crippen LogP contribution is -2.46. The van der Waals surface area contributed by atoms with Crippen LogP contribution in [-0.4, -0.2) is 57.4 Å². The molecule has 0 aromatic carbocycles. The lowest BCUT2D eigenvalue weighted by Gasteiger charge is -2.32. The maximum absolute atomic E-state index is 12.3. The summed E-state index contributed by atoms with van der Waals surface area (Å²) in [4.78, 5) is 0. The third-order valence-corrected chi connectivity index (χ3v) is 6.06. The molecule has 5 nitrogen and oxygen atoms in total.